The Morgan fingerprint density at radius 3 is 2.86 bits per heavy atom. The van der Waals surface area contributed by atoms with Crippen molar-refractivity contribution in [1.29, 1.82) is 0 Å². The van der Waals surface area contributed by atoms with Gasteiger partial charge in [-0.1, -0.05) is 18.2 Å². The summed E-state index contributed by atoms with van der Waals surface area (Å²) in [6.07, 6.45) is 3.68. The number of methoxy groups -OCH3 is 1. The highest BCUT2D eigenvalue weighted by atomic mass is 35.5. The molecule has 2 N–H and O–H groups in total. The second-order valence-electron chi connectivity index (χ2n) is 4.26. The van der Waals surface area contributed by atoms with Gasteiger partial charge in [-0.15, -0.1) is 23.7 Å². The van der Waals surface area contributed by atoms with Crippen molar-refractivity contribution in [2.45, 2.75) is 6.54 Å². The number of nitrogens with two attached hydrogens (primary N) is 1. The second-order valence-corrected chi connectivity index (χ2v) is 5.16. The summed E-state index contributed by atoms with van der Waals surface area (Å²) in [6, 6.07) is 7.87. The van der Waals surface area contributed by atoms with Crippen LogP contribution in [-0.4, -0.2) is 21.6 Å². The molecule has 0 spiro atoms. The van der Waals surface area contributed by atoms with Gasteiger partial charge in [-0.05, 0) is 6.07 Å². The minimum atomic E-state index is 0. The Morgan fingerprint density at radius 2 is 2.14 bits per heavy atom. The maximum absolute atomic E-state index is 5.97. The molecule has 0 atom stereocenters. The third kappa shape index (κ3) is 3.17. The van der Waals surface area contributed by atoms with Crippen LogP contribution in [0.4, 0.5) is 5.95 Å². The lowest BCUT2D eigenvalue weighted by molar-refractivity contribution is 0.408. The summed E-state index contributed by atoms with van der Waals surface area (Å²) in [7, 11) is 1.66. The summed E-state index contributed by atoms with van der Waals surface area (Å²) in [5.74, 6) is 1.32. The number of ether oxygens (including phenoxy) is 1. The first kappa shape index (κ1) is 15.3. The van der Waals surface area contributed by atoms with Crippen molar-refractivity contribution in [3.8, 4) is 16.5 Å². The highest BCUT2D eigenvalue weighted by molar-refractivity contribution is 7.13. The molecule has 0 aliphatic rings. The van der Waals surface area contributed by atoms with E-state index < -0.39 is 0 Å². The number of anilines is 1. The van der Waals surface area contributed by atoms with E-state index in [0.717, 1.165) is 22.0 Å². The molecule has 0 saturated carbocycles. The van der Waals surface area contributed by atoms with Gasteiger partial charge >= 0.3 is 0 Å². The number of imidazole rings is 1. The van der Waals surface area contributed by atoms with E-state index >= 15 is 0 Å². The van der Waals surface area contributed by atoms with Crippen LogP contribution in [0.2, 0.25) is 0 Å². The molecule has 2 heterocycles. The molecule has 0 aliphatic carbocycles. The van der Waals surface area contributed by atoms with Gasteiger partial charge in [-0.2, -0.15) is 0 Å². The monoisotopic (exact) mass is 322 g/mol. The highest BCUT2D eigenvalue weighted by Crippen LogP contribution is 2.24. The smallest absolute Gasteiger partial charge is 0.201 e. The normalized spacial score (nSPS) is 10.1. The summed E-state index contributed by atoms with van der Waals surface area (Å²) in [5.41, 5.74) is 7.83. The van der Waals surface area contributed by atoms with Gasteiger partial charge in [-0.3, -0.25) is 0 Å². The highest BCUT2D eigenvalue weighted by Gasteiger charge is 2.11. The molecule has 1 aromatic carbocycles. The maximum atomic E-state index is 5.97. The van der Waals surface area contributed by atoms with Crippen molar-refractivity contribution in [3.05, 3.63) is 47.6 Å². The fraction of sp³-hybridized carbons (Fsp3) is 0.143. The third-order valence-electron chi connectivity index (χ3n) is 2.99. The molecule has 0 unspecified atom stereocenters. The predicted molar refractivity (Wildman–Crippen MR) is 87.1 cm³/mol. The first-order valence-corrected chi connectivity index (χ1v) is 7.00. The Kier molecular flexibility index (Phi) is 4.82. The van der Waals surface area contributed by atoms with Gasteiger partial charge in [0.25, 0.3) is 0 Å². The van der Waals surface area contributed by atoms with E-state index in [-0.39, 0.29) is 12.4 Å². The van der Waals surface area contributed by atoms with Gasteiger partial charge in [-0.25, -0.2) is 9.97 Å². The van der Waals surface area contributed by atoms with Crippen LogP contribution in [0.25, 0.3) is 10.7 Å². The first-order valence-electron chi connectivity index (χ1n) is 6.12. The van der Waals surface area contributed by atoms with Gasteiger partial charge in [0.15, 0.2) is 0 Å². The largest absolute Gasteiger partial charge is 0.496 e. The van der Waals surface area contributed by atoms with Crippen LogP contribution in [0, 0.1) is 0 Å². The van der Waals surface area contributed by atoms with Gasteiger partial charge < -0.3 is 15.0 Å². The van der Waals surface area contributed by atoms with Gasteiger partial charge in [0.1, 0.15) is 16.5 Å². The predicted octanol–water partition coefficient (Wildman–Crippen LogP) is 3.07. The van der Waals surface area contributed by atoms with E-state index in [0.29, 0.717) is 12.5 Å². The van der Waals surface area contributed by atoms with Crippen LogP contribution >= 0.6 is 23.7 Å². The lowest BCUT2D eigenvalue weighted by atomic mass is 10.2. The summed E-state index contributed by atoms with van der Waals surface area (Å²) in [5, 5.41) is 2.79. The van der Waals surface area contributed by atoms with Gasteiger partial charge in [0.2, 0.25) is 5.95 Å². The molecule has 3 rings (SSSR count). The number of halogens is 1. The first-order chi connectivity index (χ1) is 9.78. The molecule has 0 aliphatic heterocycles. The van der Waals surface area contributed by atoms with Crippen molar-refractivity contribution in [3.63, 3.8) is 0 Å². The Bertz CT molecular complexity index is 712. The van der Waals surface area contributed by atoms with Crippen LogP contribution < -0.4 is 10.5 Å². The number of rotatable bonds is 4. The minimum Gasteiger partial charge on any atom is -0.496 e. The standard InChI is InChI=1S/C14H14N4OS.ClH/c1-19-12-5-3-2-4-10(12)8-18-9-11(17-14(18)15)13-16-6-7-20-13;/h2-7,9H,8H2,1H3,(H2,15,17);1H. The molecule has 0 radical (unpaired) electrons. The molecular weight excluding hydrogens is 308 g/mol. The molecule has 0 fully saturated rings. The van der Waals surface area contributed by atoms with Crippen molar-refractivity contribution < 1.29 is 4.74 Å². The molecule has 110 valence electrons. The van der Waals surface area contributed by atoms with Gasteiger partial charge in [0, 0.05) is 23.3 Å². The summed E-state index contributed by atoms with van der Waals surface area (Å²) < 4.78 is 7.25. The molecule has 7 heteroatoms. The van der Waals surface area contributed by atoms with Crippen LogP contribution in [0.1, 0.15) is 5.56 Å². The summed E-state index contributed by atoms with van der Waals surface area (Å²) in [4.78, 5) is 8.60. The molecule has 0 saturated heterocycles. The van der Waals surface area contributed by atoms with Crippen LogP contribution in [0.3, 0.4) is 0 Å². The zero-order valence-corrected chi connectivity index (χ0v) is 13.0. The van der Waals surface area contributed by atoms with Crippen LogP contribution in [-0.2, 0) is 6.54 Å². The molecule has 2 aromatic heterocycles. The quantitative estimate of drug-likeness (QED) is 0.801. The Hall–Kier alpha value is -2.05. The molecule has 5 nitrogen and oxygen atoms in total. The van der Waals surface area contributed by atoms with Crippen molar-refractivity contribution in [2.24, 2.45) is 0 Å². The SMILES string of the molecule is COc1ccccc1Cn1cc(-c2nccs2)nc1N.Cl. The zero-order valence-electron chi connectivity index (χ0n) is 11.4. The Labute approximate surface area is 132 Å². The number of thiazole rings is 1. The van der Waals surface area contributed by atoms with Crippen molar-refractivity contribution >= 4 is 29.7 Å². The van der Waals surface area contributed by atoms with E-state index in [2.05, 4.69) is 9.97 Å². The third-order valence-corrected chi connectivity index (χ3v) is 3.79. The number of nitrogens with zero attached hydrogens (tertiary/aromatic N) is 3. The lowest BCUT2D eigenvalue weighted by Gasteiger charge is -2.09. The number of aromatic nitrogens is 3. The second kappa shape index (κ2) is 6.60. The lowest BCUT2D eigenvalue weighted by Crippen LogP contribution is -2.04. The van der Waals surface area contributed by atoms with Crippen molar-refractivity contribution in [1.82, 2.24) is 14.5 Å². The molecular formula is C14H15ClN4OS. The number of para-hydroxylation sites is 1. The van der Waals surface area contributed by atoms with Crippen LogP contribution in [0.5, 0.6) is 5.75 Å². The number of hydrogen-bond acceptors (Lipinski definition) is 5. The molecule has 21 heavy (non-hydrogen) atoms. The summed E-state index contributed by atoms with van der Waals surface area (Å²) >= 11 is 1.54. The van der Waals surface area contributed by atoms with Gasteiger partial charge in [0.05, 0.1) is 13.7 Å². The van der Waals surface area contributed by atoms with E-state index in [9.17, 15) is 0 Å². The van der Waals surface area contributed by atoms with E-state index in [1.54, 1.807) is 24.6 Å². The molecule has 0 amide bonds. The fourth-order valence-electron chi connectivity index (χ4n) is 2.03. The topological polar surface area (TPSA) is 66.0 Å². The Balaban J connectivity index is 0.00000161. The number of benzene rings is 1. The minimum absolute atomic E-state index is 0. The maximum Gasteiger partial charge on any atom is 0.201 e. The van der Waals surface area contributed by atoms with E-state index in [1.165, 1.54) is 0 Å². The van der Waals surface area contributed by atoms with E-state index in [4.69, 9.17) is 10.5 Å². The summed E-state index contributed by atoms with van der Waals surface area (Å²) in [6.45, 7) is 0.619. The van der Waals surface area contributed by atoms with Crippen molar-refractivity contribution in [2.75, 3.05) is 12.8 Å². The average Bonchev–Trinajstić information content (AvgIpc) is 3.10. The molecule has 3 aromatic rings. The van der Waals surface area contributed by atoms with E-state index in [1.807, 2.05) is 40.4 Å². The fourth-order valence-corrected chi connectivity index (χ4v) is 2.62. The Morgan fingerprint density at radius 1 is 1.33 bits per heavy atom. The average molecular weight is 323 g/mol. The number of nitrogen functional groups attached to an aromatic ring is 1. The zero-order chi connectivity index (χ0) is 13.9. The molecule has 0 bridgehead atoms. The van der Waals surface area contributed by atoms with Crippen LogP contribution in [0.15, 0.2) is 42.0 Å². The number of hydrogen-bond donors (Lipinski definition) is 1.